The molecule has 0 aliphatic heterocycles. The molecule has 1 aromatic rings. The summed E-state index contributed by atoms with van der Waals surface area (Å²) in [5.41, 5.74) is -0.0499. The molecule has 1 rings (SSSR count). The quantitative estimate of drug-likeness (QED) is 0.626. The summed E-state index contributed by atoms with van der Waals surface area (Å²) in [7, 11) is 0. The van der Waals surface area contributed by atoms with Crippen LogP contribution in [-0.4, -0.2) is 62.5 Å². The molecule has 0 aromatic heterocycles. The van der Waals surface area contributed by atoms with Crippen LogP contribution in [0.2, 0.25) is 15.1 Å². The molecule has 0 bridgehead atoms. The van der Waals surface area contributed by atoms with Gasteiger partial charge in [0.15, 0.2) is 0 Å². The van der Waals surface area contributed by atoms with Gasteiger partial charge in [0, 0.05) is 0 Å². The minimum atomic E-state index is -1.13. The van der Waals surface area contributed by atoms with Crippen LogP contribution in [0.1, 0.15) is 10.4 Å². The Labute approximate surface area is 133 Å². The van der Waals surface area contributed by atoms with E-state index in [4.69, 9.17) is 39.9 Å². The van der Waals surface area contributed by atoms with Gasteiger partial charge in [-0.1, -0.05) is 34.8 Å². The SMILES string of the molecule is O=C(O)c1ccc(Cl)c(Cl)c1Cl.[KH]. The third-order valence-corrected chi connectivity index (χ3v) is 2.56. The average Bonchev–Trinajstić information content (AvgIpc) is 2.00. The van der Waals surface area contributed by atoms with Gasteiger partial charge < -0.3 is 5.11 Å². The van der Waals surface area contributed by atoms with E-state index in [-0.39, 0.29) is 72.0 Å². The van der Waals surface area contributed by atoms with E-state index in [0.717, 1.165) is 0 Å². The fourth-order valence-electron chi connectivity index (χ4n) is 0.691. The molecule has 66 valence electrons. The number of halogens is 3. The number of hydrogen-bond donors (Lipinski definition) is 1. The van der Waals surface area contributed by atoms with Crippen molar-refractivity contribution in [1.29, 1.82) is 0 Å². The first kappa shape index (κ1) is 14.2. The van der Waals surface area contributed by atoms with Crippen LogP contribution in [0.15, 0.2) is 12.1 Å². The second-order valence-corrected chi connectivity index (χ2v) is 3.19. The molecule has 0 fully saturated rings. The summed E-state index contributed by atoms with van der Waals surface area (Å²) < 4.78 is 0. The molecule has 0 heterocycles. The maximum atomic E-state index is 10.5. The van der Waals surface area contributed by atoms with Gasteiger partial charge in [-0.3, -0.25) is 0 Å². The Morgan fingerprint density at radius 1 is 1.15 bits per heavy atom. The Balaban J connectivity index is 0.00000144. The monoisotopic (exact) mass is 264 g/mol. The third kappa shape index (κ3) is 3.36. The van der Waals surface area contributed by atoms with Gasteiger partial charge in [-0.25, -0.2) is 4.79 Å². The van der Waals surface area contributed by atoms with Gasteiger partial charge in [0.05, 0.1) is 20.6 Å². The fourth-order valence-corrected chi connectivity index (χ4v) is 1.31. The summed E-state index contributed by atoms with van der Waals surface area (Å²) in [4.78, 5) is 10.5. The van der Waals surface area contributed by atoms with E-state index in [0.29, 0.717) is 0 Å². The van der Waals surface area contributed by atoms with Crippen molar-refractivity contribution in [2.75, 3.05) is 0 Å². The van der Waals surface area contributed by atoms with Crippen LogP contribution < -0.4 is 0 Å². The van der Waals surface area contributed by atoms with Crippen molar-refractivity contribution in [3.63, 3.8) is 0 Å². The molecule has 0 saturated heterocycles. The number of carbonyl (C=O) groups is 1. The topological polar surface area (TPSA) is 37.3 Å². The zero-order valence-electron chi connectivity index (χ0n) is 5.64. The number of hydrogen-bond acceptors (Lipinski definition) is 1. The molecule has 0 aliphatic rings. The van der Waals surface area contributed by atoms with Gasteiger partial charge in [0.25, 0.3) is 0 Å². The Morgan fingerprint density at radius 2 is 1.69 bits per heavy atom. The number of rotatable bonds is 1. The molecule has 13 heavy (non-hydrogen) atoms. The van der Waals surface area contributed by atoms with E-state index in [1.165, 1.54) is 12.1 Å². The van der Waals surface area contributed by atoms with Gasteiger partial charge in [-0.05, 0) is 12.1 Å². The van der Waals surface area contributed by atoms with E-state index >= 15 is 0 Å². The van der Waals surface area contributed by atoms with Gasteiger partial charge in [-0.2, -0.15) is 0 Å². The first-order chi connectivity index (χ1) is 5.54. The van der Waals surface area contributed by atoms with Crippen molar-refractivity contribution in [3.8, 4) is 0 Å². The normalized spacial score (nSPS) is 9.15. The summed E-state index contributed by atoms with van der Waals surface area (Å²) in [6, 6.07) is 2.69. The number of carboxylic acids is 1. The molecule has 0 saturated carbocycles. The van der Waals surface area contributed by atoms with Crippen molar-refractivity contribution >= 4 is 92.2 Å². The van der Waals surface area contributed by atoms with Crippen molar-refractivity contribution in [3.05, 3.63) is 32.8 Å². The van der Waals surface area contributed by atoms with E-state index in [1.807, 2.05) is 0 Å². The zero-order chi connectivity index (χ0) is 9.30. The van der Waals surface area contributed by atoms with Gasteiger partial charge >= 0.3 is 57.4 Å². The van der Waals surface area contributed by atoms with Crippen LogP contribution in [-0.2, 0) is 0 Å². The molecule has 0 radical (unpaired) electrons. The predicted octanol–water partition coefficient (Wildman–Crippen LogP) is 2.70. The summed E-state index contributed by atoms with van der Waals surface area (Å²) in [6.45, 7) is 0. The van der Waals surface area contributed by atoms with Gasteiger partial charge in [0.2, 0.25) is 0 Å². The van der Waals surface area contributed by atoms with Crippen molar-refractivity contribution in [2.24, 2.45) is 0 Å². The standard InChI is InChI=1S/C7H3Cl3O2.K.H/c8-4-2-1-3(7(11)12)5(9)6(4)10;;/h1-2H,(H,11,12);;. The Kier molecular flexibility index (Phi) is 6.47. The van der Waals surface area contributed by atoms with E-state index in [2.05, 4.69) is 0 Å². The van der Waals surface area contributed by atoms with Crippen LogP contribution >= 0.6 is 34.8 Å². The molecular weight excluding hydrogens is 262 g/mol. The summed E-state index contributed by atoms with van der Waals surface area (Å²) >= 11 is 16.8. The third-order valence-electron chi connectivity index (χ3n) is 1.27. The molecule has 2 nitrogen and oxygen atoms in total. The minimum absolute atomic E-state index is 0. The predicted molar refractivity (Wildman–Crippen MR) is 55.6 cm³/mol. The Morgan fingerprint density at radius 3 is 2.15 bits per heavy atom. The number of carboxylic acid groups (broad SMARTS) is 1. The van der Waals surface area contributed by atoms with Crippen molar-refractivity contribution < 1.29 is 9.90 Å². The summed E-state index contributed by atoms with van der Waals surface area (Å²) in [5, 5.41) is 8.87. The van der Waals surface area contributed by atoms with Gasteiger partial charge in [0.1, 0.15) is 0 Å². The molecule has 6 heteroatoms. The summed E-state index contributed by atoms with van der Waals surface area (Å²) in [5.74, 6) is -1.13. The van der Waals surface area contributed by atoms with E-state index in [1.54, 1.807) is 0 Å². The average molecular weight is 266 g/mol. The molecule has 0 aliphatic carbocycles. The first-order valence-corrected chi connectivity index (χ1v) is 4.04. The molecule has 0 unspecified atom stereocenters. The van der Waals surface area contributed by atoms with Crippen LogP contribution in [0, 0.1) is 0 Å². The Bertz CT molecular complexity index is 341. The second kappa shape index (κ2) is 5.93. The zero-order valence-corrected chi connectivity index (χ0v) is 7.91. The first-order valence-electron chi connectivity index (χ1n) is 2.91. The van der Waals surface area contributed by atoms with Crippen LogP contribution in [0.4, 0.5) is 0 Å². The molecule has 0 spiro atoms. The van der Waals surface area contributed by atoms with Crippen LogP contribution in [0.5, 0.6) is 0 Å². The fraction of sp³-hybridized carbons (Fsp3) is 0. The number of aromatic carboxylic acids is 1. The van der Waals surface area contributed by atoms with Gasteiger partial charge in [-0.15, -0.1) is 0 Å². The number of benzene rings is 1. The van der Waals surface area contributed by atoms with Crippen molar-refractivity contribution in [2.45, 2.75) is 0 Å². The van der Waals surface area contributed by atoms with E-state index in [9.17, 15) is 4.79 Å². The van der Waals surface area contributed by atoms with E-state index < -0.39 is 5.97 Å². The molecular formula is C7H4Cl3KO2. The second-order valence-electron chi connectivity index (χ2n) is 2.03. The van der Waals surface area contributed by atoms with Crippen molar-refractivity contribution in [1.82, 2.24) is 0 Å². The molecule has 1 N–H and O–H groups in total. The maximum absolute atomic E-state index is 10.5. The molecule has 0 amide bonds. The summed E-state index contributed by atoms with van der Waals surface area (Å²) in [6.07, 6.45) is 0. The van der Waals surface area contributed by atoms with Crippen LogP contribution in [0.3, 0.4) is 0 Å². The van der Waals surface area contributed by atoms with Crippen LogP contribution in [0.25, 0.3) is 0 Å². The molecule has 1 aromatic carbocycles. The molecule has 0 atom stereocenters. The Hall–Kier alpha value is 1.20.